The van der Waals surface area contributed by atoms with E-state index >= 15 is 0 Å². The van der Waals surface area contributed by atoms with Crippen LogP contribution in [0.5, 0.6) is 0 Å². The normalized spacial score (nSPS) is 19.9. The molecule has 1 unspecified atom stereocenters. The molecule has 1 aromatic heterocycles. The van der Waals surface area contributed by atoms with Crippen LogP contribution in [0.15, 0.2) is 18.2 Å². The molecule has 1 atom stereocenters. The van der Waals surface area contributed by atoms with Gasteiger partial charge in [0.05, 0.1) is 5.52 Å². The Morgan fingerprint density at radius 1 is 1.50 bits per heavy atom. The van der Waals surface area contributed by atoms with E-state index in [2.05, 4.69) is 23.2 Å². The molecule has 3 N–H and O–H groups in total. The molecule has 84 valence electrons. The summed E-state index contributed by atoms with van der Waals surface area (Å²) in [5, 5.41) is 8.68. The first-order valence-corrected chi connectivity index (χ1v) is 5.91. The maximum absolute atomic E-state index is 6.16. The highest BCUT2D eigenvalue weighted by Crippen LogP contribution is 2.52. The Bertz CT molecular complexity index is 540. The number of benzene rings is 1. The molecule has 0 aliphatic heterocycles. The number of nitrogens with two attached hydrogens (primary N) is 1. The van der Waals surface area contributed by atoms with Gasteiger partial charge < -0.3 is 5.73 Å². The fourth-order valence-corrected chi connectivity index (χ4v) is 2.79. The molecular formula is C12H14ClN3. The van der Waals surface area contributed by atoms with Crippen LogP contribution >= 0.6 is 11.6 Å². The van der Waals surface area contributed by atoms with Crippen molar-refractivity contribution < 1.29 is 0 Å². The van der Waals surface area contributed by atoms with Crippen molar-refractivity contribution in [3.8, 4) is 0 Å². The molecular weight excluding hydrogens is 222 g/mol. The lowest BCUT2D eigenvalue weighted by molar-refractivity contribution is 0.560. The number of aromatic nitrogens is 2. The second-order valence-corrected chi connectivity index (χ2v) is 5.06. The topological polar surface area (TPSA) is 54.7 Å². The number of hydrogen-bond donors (Lipinski definition) is 2. The number of H-pyrrole nitrogens is 1. The minimum atomic E-state index is 0.118. The Morgan fingerprint density at radius 2 is 2.25 bits per heavy atom. The summed E-state index contributed by atoms with van der Waals surface area (Å²) in [5.41, 5.74) is 8.39. The fourth-order valence-electron chi connectivity index (χ4n) is 2.55. The largest absolute Gasteiger partial charge is 0.327 e. The van der Waals surface area contributed by atoms with Crippen molar-refractivity contribution in [2.24, 2.45) is 5.73 Å². The third-order valence-corrected chi connectivity index (χ3v) is 4.01. The molecule has 0 radical (unpaired) electrons. The minimum absolute atomic E-state index is 0.118. The summed E-state index contributed by atoms with van der Waals surface area (Å²) in [6.07, 6.45) is 2.29. The van der Waals surface area contributed by atoms with Crippen molar-refractivity contribution in [3.63, 3.8) is 0 Å². The Balaban J connectivity index is 2.28. The van der Waals surface area contributed by atoms with Crippen molar-refractivity contribution in [1.29, 1.82) is 0 Å². The van der Waals surface area contributed by atoms with Gasteiger partial charge in [-0.1, -0.05) is 23.7 Å². The molecule has 2 aromatic rings. The van der Waals surface area contributed by atoms with Gasteiger partial charge in [-0.05, 0) is 31.4 Å². The summed E-state index contributed by atoms with van der Waals surface area (Å²) in [4.78, 5) is 0. The first-order valence-electron chi connectivity index (χ1n) is 5.54. The van der Waals surface area contributed by atoms with Gasteiger partial charge in [0.2, 0.25) is 0 Å². The SMILES string of the molecule is CC(N)C1(c2cccc3n[nH]c(Cl)c23)CC1. The van der Waals surface area contributed by atoms with Crippen LogP contribution in [0.1, 0.15) is 25.3 Å². The van der Waals surface area contributed by atoms with Gasteiger partial charge in [-0.25, -0.2) is 0 Å². The van der Waals surface area contributed by atoms with Crippen LogP contribution < -0.4 is 5.73 Å². The molecule has 0 amide bonds. The molecule has 1 saturated carbocycles. The third-order valence-electron chi connectivity index (χ3n) is 3.73. The van der Waals surface area contributed by atoms with Crippen LogP contribution in [0.25, 0.3) is 10.9 Å². The van der Waals surface area contributed by atoms with Crippen molar-refractivity contribution in [3.05, 3.63) is 28.9 Å². The van der Waals surface area contributed by atoms with Gasteiger partial charge in [-0.2, -0.15) is 5.10 Å². The molecule has 0 bridgehead atoms. The summed E-state index contributed by atoms with van der Waals surface area (Å²) in [6, 6.07) is 6.28. The van der Waals surface area contributed by atoms with E-state index in [1.807, 2.05) is 12.1 Å². The molecule has 0 spiro atoms. The number of nitrogens with zero attached hydrogens (tertiary/aromatic N) is 1. The first kappa shape index (κ1) is 10.1. The maximum Gasteiger partial charge on any atom is 0.132 e. The van der Waals surface area contributed by atoms with Crippen LogP contribution in [0.4, 0.5) is 0 Å². The predicted octanol–water partition coefficient (Wildman–Crippen LogP) is 2.60. The quantitative estimate of drug-likeness (QED) is 0.841. The third kappa shape index (κ3) is 1.22. The highest BCUT2D eigenvalue weighted by molar-refractivity contribution is 6.34. The second-order valence-electron chi connectivity index (χ2n) is 4.68. The van der Waals surface area contributed by atoms with E-state index in [0.29, 0.717) is 5.15 Å². The van der Waals surface area contributed by atoms with E-state index in [9.17, 15) is 0 Å². The van der Waals surface area contributed by atoms with Gasteiger partial charge in [-0.15, -0.1) is 0 Å². The van der Waals surface area contributed by atoms with Gasteiger partial charge >= 0.3 is 0 Å². The molecule has 3 nitrogen and oxygen atoms in total. The number of aromatic amines is 1. The number of hydrogen-bond acceptors (Lipinski definition) is 2. The summed E-state index contributed by atoms with van der Waals surface area (Å²) in [5.74, 6) is 0. The van der Waals surface area contributed by atoms with Crippen LogP contribution in [-0.2, 0) is 5.41 Å². The standard InChI is InChI=1S/C12H14ClN3/c1-7(14)12(5-6-12)8-3-2-4-9-10(8)11(13)16-15-9/h2-4,7H,5-6,14H2,1H3,(H,15,16). The smallest absolute Gasteiger partial charge is 0.132 e. The number of halogens is 1. The summed E-state index contributed by atoms with van der Waals surface area (Å²) in [6.45, 7) is 2.07. The average Bonchev–Trinajstić information content (AvgIpc) is 3.00. The van der Waals surface area contributed by atoms with E-state index in [-0.39, 0.29) is 11.5 Å². The zero-order chi connectivity index (χ0) is 11.3. The molecule has 4 heteroatoms. The molecule has 3 rings (SSSR count). The second kappa shape index (κ2) is 3.22. The van der Waals surface area contributed by atoms with Gasteiger partial charge in [0.1, 0.15) is 5.15 Å². The van der Waals surface area contributed by atoms with Gasteiger partial charge in [-0.3, -0.25) is 5.10 Å². The zero-order valence-electron chi connectivity index (χ0n) is 9.13. The molecule has 1 aromatic carbocycles. The number of nitrogens with one attached hydrogen (secondary N) is 1. The van der Waals surface area contributed by atoms with Crippen LogP contribution in [0, 0.1) is 0 Å². The van der Waals surface area contributed by atoms with Gasteiger partial charge in [0.15, 0.2) is 0 Å². The lowest BCUT2D eigenvalue weighted by Gasteiger charge is -2.20. The monoisotopic (exact) mass is 235 g/mol. The van der Waals surface area contributed by atoms with E-state index < -0.39 is 0 Å². The van der Waals surface area contributed by atoms with E-state index in [0.717, 1.165) is 23.7 Å². The van der Waals surface area contributed by atoms with Gasteiger partial charge in [0.25, 0.3) is 0 Å². The Morgan fingerprint density at radius 3 is 2.88 bits per heavy atom. The highest BCUT2D eigenvalue weighted by Gasteiger charge is 2.48. The molecule has 1 fully saturated rings. The summed E-state index contributed by atoms with van der Waals surface area (Å²) >= 11 is 6.16. The number of rotatable bonds is 2. The molecule has 1 heterocycles. The number of fused-ring (bicyclic) bond motifs is 1. The van der Waals surface area contributed by atoms with E-state index in [1.165, 1.54) is 5.56 Å². The predicted molar refractivity (Wildman–Crippen MR) is 65.7 cm³/mol. The van der Waals surface area contributed by atoms with Crippen molar-refractivity contribution in [2.45, 2.75) is 31.2 Å². The van der Waals surface area contributed by atoms with Crippen molar-refractivity contribution in [1.82, 2.24) is 10.2 Å². The average molecular weight is 236 g/mol. The zero-order valence-corrected chi connectivity index (χ0v) is 9.88. The maximum atomic E-state index is 6.16. The lowest BCUT2D eigenvalue weighted by Crippen LogP contribution is -2.31. The van der Waals surface area contributed by atoms with Crippen LogP contribution in [-0.4, -0.2) is 16.2 Å². The molecule has 1 aliphatic rings. The van der Waals surface area contributed by atoms with Crippen LogP contribution in [0.2, 0.25) is 5.15 Å². The summed E-state index contributed by atoms with van der Waals surface area (Å²) in [7, 11) is 0. The van der Waals surface area contributed by atoms with Crippen LogP contribution in [0.3, 0.4) is 0 Å². The fraction of sp³-hybridized carbons (Fsp3) is 0.417. The van der Waals surface area contributed by atoms with Crippen molar-refractivity contribution in [2.75, 3.05) is 0 Å². The minimum Gasteiger partial charge on any atom is -0.327 e. The molecule has 16 heavy (non-hydrogen) atoms. The lowest BCUT2D eigenvalue weighted by atomic mass is 9.87. The van der Waals surface area contributed by atoms with E-state index in [4.69, 9.17) is 17.3 Å². The van der Waals surface area contributed by atoms with Gasteiger partial charge in [0, 0.05) is 16.8 Å². The molecule has 0 saturated heterocycles. The van der Waals surface area contributed by atoms with E-state index in [1.54, 1.807) is 0 Å². The Hall–Kier alpha value is -1.06. The molecule has 1 aliphatic carbocycles. The van der Waals surface area contributed by atoms with Crippen molar-refractivity contribution >= 4 is 22.5 Å². The summed E-state index contributed by atoms with van der Waals surface area (Å²) < 4.78 is 0. The highest BCUT2D eigenvalue weighted by atomic mass is 35.5. The first-order chi connectivity index (χ1) is 7.65. The Kier molecular flexibility index (Phi) is 2.03. The Labute approximate surface area is 99.0 Å².